The molecular weight excluding hydrogens is 538 g/mol. The van der Waals surface area contributed by atoms with Crippen molar-refractivity contribution in [2.75, 3.05) is 52.5 Å². The molecule has 0 atom stereocenters. The van der Waals surface area contributed by atoms with Gasteiger partial charge in [0.15, 0.2) is 0 Å². The molecule has 0 aliphatic carbocycles. The normalized spacial score (nSPS) is 10.2. The van der Waals surface area contributed by atoms with E-state index in [1.165, 1.54) is 25.7 Å². The van der Waals surface area contributed by atoms with Gasteiger partial charge in [0.05, 0.1) is 26.1 Å². The van der Waals surface area contributed by atoms with Crippen molar-refractivity contribution in [3.8, 4) is 0 Å². The number of aliphatic carboxylic acids is 2. The summed E-state index contributed by atoms with van der Waals surface area (Å²) >= 11 is 0. The van der Waals surface area contributed by atoms with Crippen LogP contribution in [0.2, 0.25) is 0 Å². The Morgan fingerprint density at radius 2 is 0.825 bits per heavy atom. The van der Waals surface area contributed by atoms with Gasteiger partial charge in [-0.3, -0.25) is 9.59 Å². The van der Waals surface area contributed by atoms with Crippen molar-refractivity contribution in [3.05, 3.63) is 0 Å². The second-order valence-corrected chi connectivity index (χ2v) is 9.16. The summed E-state index contributed by atoms with van der Waals surface area (Å²) in [5, 5.41) is 21.0. The summed E-state index contributed by atoms with van der Waals surface area (Å²) in [4.78, 5) is 47.6. The molecular formula is C28H52N2Na2O8. The number of carboxylic acids is 2. The van der Waals surface area contributed by atoms with Crippen LogP contribution in [-0.4, -0.2) is 86.2 Å². The molecule has 0 spiro atoms. The molecule has 40 heavy (non-hydrogen) atoms. The molecule has 0 bridgehead atoms. The first-order valence-electron chi connectivity index (χ1n) is 14.4. The maximum absolute atomic E-state index is 11.3. The number of unbranched alkanes of at least 4 members (excludes halogenated alkanes) is 6. The van der Waals surface area contributed by atoms with Gasteiger partial charge in [-0.25, -0.2) is 0 Å². The molecule has 0 radical (unpaired) electrons. The van der Waals surface area contributed by atoms with Crippen molar-refractivity contribution in [2.24, 2.45) is 0 Å². The van der Waals surface area contributed by atoms with Gasteiger partial charge in [-0.2, -0.15) is 0 Å². The van der Waals surface area contributed by atoms with Crippen LogP contribution in [0.15, 0.2) is 0 Å². The molecule has 0 rings (SSSR count). The van der Waals surface area contributed by atoms with E-state index in [1.807, 2.05) is 9.80 Å². The van der Waals surface area contributed by atoms with E-state index in [0.717, 1.165) is 38.8 Å². The summed E-state index contributed by atoms with van der Waals surface area (Å²) in [7, 11) is 0. The Kier molecular flexibility index (Phi) is 40.9. The largest absolute Gasteiger partial charge is 1.00 e. The zero-order chi connectivity index (χ0) is 29.0. The summed E-state index contributed by atoms with van der Waals surface area (Å²) in [5.74, 6) is -2.55. The molecule has 0 amide bonds. The number of rotatable bonds is 24. The third-order valence-electron chi connectivity index (χ3n) is 5.80. The molecule has 0 aromatic heterocycles. The SMILES string of the molecule is CCCCCCN(CCC(=O)[O-])CCC(=O)OCC.CCCCCCN(CCC(=O)[O-])CCC(=O)OCC.[Na+].[Na+]. The van der Waals surface area contributed by atoms with Gasteiger partial charge in [-0.05, 0) is 52.6 Å². The minimum Gasteiger partial charge on any atom is -0.550 e. The van der Waals surface area contributed by atoms with Crippen LogP contribution in [0.25, 0.3) is 0 Å². The third-order valence-corrected chi connectivity index (χ3v) is 5.80. The number of ether oxygens (including phenoxy) is 2. The molecule has 0 aliphatic rings. The molecule has 12 heteroatoms. The average molecular weight is 591 g/mol. The quantitative estimate of drug-likeness (QED) is 0.0620. The monoisotopic (exact) mass is 590 g/mol. The molecule has 0 aromatic rings. The summed E-state index contributed by atoms with van der Waals surface area (Å²) in [6, 6.07) is 0. The fourth-order valence-corrected chi connectivity index (χ4v) is 3.66. The first-order valence-corrected chi connectivity index (χ1v) is 14.4. The van der Waals surface area contributed by atoms with Gasteiger partial charge >= 0.3 is 71.1 Å². The van der Waals surface area contributed by atoms with Gasteiger partial charge in [-0.1, -0.05) is 52.4 Å². The predicted octanol–water partition coefficient (Wildman–Crippen LogP) is -4.07. The average Bonchev–Trinajstić information content (AvgIpc) is 2.87. The van der Waals surface area contributed by atoms with E-state index in [9.17, 15) is 29.4 Å². The van der Waals surface area contributed by atoms with Crippen molar-refractivity contribution in [1.29, 1.82) is 0 Å². The van der Waals surface area contributed by atoms with E-state index in [2.05, 4.69) is 13.8 Å². The molecule has 0 fully saturated rings. The van der Waals surface area contributed by atoms with Crippen molar-refractivity contribution in [3.63, 3.8) is 0 Å². The molecule has 10 nitrogen and oxygen atoms in total. The van der Waals surface area contributed by atoms with Crippen molar-refractivity contribution >= 4 is 23.9 Å². The number of hydrogen-bond acceptors (Lipinski definition) is 10. The Morgan fingerprint density at radius 3 is 1.10 bits per heavy atom. The van der Waals surface area contributed by atoms with Crippen LogP contribution in [0.4, 0.5) is 0 Å². The van der Waals surface area contributed by atoms with Crippen LogP contribution in [-0.2, 0) is 28.7 Å². The fraction of sp³-hybridized carbons (Fsp3) is 0.857. The first kappa shape index (κ1) is 46.7. The van der Waals surface area contributed by atoms with E-state index in [4.69, 9.17) is 9.47 Å². The molecule has 0 N–H and O–H groups in total. The third kappa shape index (κ3) is 35.8. The van der Waals surface area contributed by atoms with Crippen LogP contribution < -0.4 is 69.3 Å². The summed E-state index contributed by atoms with van der Waals surface area (Å²) in [6.07, 6.45) is 9.70. The second-order valence-electron chi connectivity index (χ2n) is 9.16. The molecule has 0 saturated heterocycles. The molecule has 0 unspecified atom stereocenters. The Morgan fingerprint density at radius 1 is 0.500 bits per heavy atom. The maximum Gasteiger partial charge on any atom is 1.00 e. The minimum atomic E-state index is -1.05. The number of esters is 2. The van der Waals surface area contributed by atoms with Crippen LogP contribution in [0.1, 0.15) is 105 Å². The van der Waals surface area contributed by atoms with Crippen LogP contribution in [0, 0.1) is 0 Å². The Labute approximate surface area is 286 Å². The van der Waals surface area contributed by atoms with Gasteiger partial charge in [0.1, 0.15) is 0 Å². The van der Waals surface area contributed by atoms with Crippen molar-refractivity contribution < 1.29 is 98.0 Å². The fourth-order valence-electron chi connectivity index (χ4n) is 3.66. The zero-order valence-corrected chi connectivity index (χ0v) is 30.3. The Bertz CT molecular complexity index is 575. The van der Waals surface area contributed by atoms with Gasteiger partial charge in [0.2, 0.25) is 0 Å². The van der Waals surface area contributed by atoms with E-state index in [0.29, 0.717) is 52.2 Å². The second kappa shape index (κ2) is 35.0. The number of carbonyl (C=O) groups is 4. The summed E-state index contributed by atoms with van der Waals surface area (Å²) < 4.78 is 9.73. The summed E-state index contributed by atoms with van der Waals surface area (Å²) in [6.45, 7) is 12.2. The number of carbonyl (C=O) groups excluding carboxylic acids is 4. The number of carboxylic acid groups (broad SMARTS) is 2. The van der Waals surface area contributed by atoms with Crippen LogP contribution in [0.3, 0.4) is 0 Å². The van der Waals surface area contributed by atoms with Gasteiger partial charge in [0, 0.05) is 38.1 Å². The molecule has 0 heterocycles. The van der Waals surface area contributed by atoms with Crippen molar-refractivity contribution in [2.45, 2.75) is 105 Å². The smallest absolute Gasteiger partial charge is 0.550 e. The van der Waals surface area contributed by atoms with Crippen LogP contribution in [0.5, 0.6) is 0 Å². The van der Waals surface area contributed by atoms with E-state index in [1.54, 1.807) is 13.8 Å². The molecule has 0 aromatic carbocycles. The predicted molar refractivity (Wildman–Crippen MR) is 143 cm³/mol. The molecule has 224 valence electrons. The van der Waals surface area contributed by atoms with Crippen LogP contribution >= 0.6 is 0 Å². The number of hydrogen-bond donors (Lipinski definition) is 0. The van der Waals surface area contributed by atoms with Gasteiger partial charge in [-0.15, -0.1) is 0 Å². The molecule has 0 aliphatic heterocycles. The number of nitrogens with zero attached hydrogens (tertiary/aromatic N) is 2. The van der Waals surface area contributed by atoms with E-state index >= 15 is 0 Å². The van der Waals surface area contributed by atoms with Gasteiger partial charge < -0.3 is 39.1 Å². The zero-order valence-electron chi connectivity index (χ0n) is 26.3. The minimum absolute atomic E-state index is 0. The maximum atomic E-state index is 11.3. The van der Waals surface area contributed by atoms with E-state index < -0.39 is 11.9 Å². The van der Waals surface area contributed by atoms with Crippen molar-refractivity contribution in [1.82, 2.24) is 9.80 Å². The standard InChI is InChI=1S/2C14H27NO4.2Na/c2*1-3-5-6-7-10-15(11-8-13(16)17)12-9-14(18)19-4-2;;/h2*3-12H2,1-2H3,(H,16,17);;/q;;2*+1/p-2. The Hall–Kier alpha value is -0.200. The topological polar surface area (TPSA) is 139 Å². The molecule has 0 saturated carbocycles. The van der Waals surface area contributed by atoms with E-state index in [-0.39, 0.29) is 83.9 Å². The summed E-state index contributed by atoms with van der Waals surface area (Å²) in [5.41, 5.74) is 0. The first-order chi connectivity index (χ1) is 18.2. The van der Waals surface area contributed by atoms with Gasteiger partial charge in [0.25, 0.3) is 0 Å². The Balaban J connectivity index is -0.000000309.